The van der Waals surface area contributed by atoms with Gasteiger partial charge in [-0.1, -0.05) is 33.6 Å². The predicted octanol–water partition coefficient (Wildman–Crippen LogP) is 2.91. The number of aliphatic hydroxyl groups excluding tert-OH is 1. The molecule has 0 spiro atoms. The SMILES string of the molecule is CCCCCN1CCC(CCO)C(C)(C)C1. The maximum Gasteiger partial charge on any atom is 0.0433 e. The molecule has 1 fully saturated rings. The van der Waals surface area contributed by atoms with Crippen LogP contribution in [-0.2, 0) is 0 Å². The number of nitrogens with zero attached hydrogens (tertiary/aromatic N) is 1. The van der Waals surface area contributed by atoms with Gasteiger partial charge >= 0.3 is 0 Å². The number of rotatable bonds is 6. The molecule has 0 saturated carbocycles. The van der Waals surface area contributed by atoms with Crippen LogP contribution in [0.5, 0.6) is 0 Å². The Balaban J connectivity index is 2.35. The summed E-state index contributed by atoms with van der Waals surface area (Å²) >= 11 is 0. The number of hydrogen-bond donors (Lipinski definition) is 1. The van der Waals surface area contributed by atoms with Crippen LogP contribution in [0.2, 0.25) is 0 Å². The Morgan fingerprint density at radius 3 is 2.62 bits per heavy atom. The first-order chi connectivity index (χ1) is 7.60. The van der Waals surface area contributed by atoms with Gasteiger partial charge in [-0.2, -0.15) is 0 Å². The van der Waals surface area contributed by atoms with Crippen LogP contribution in [0, 0.1) is 11.3 Å². The highest BCUT2D eigenvalue weighted by molar-refractivity contribution is 4.86. The molecule has 16 heavy (non-hydrogen) atoms. The van der Waals surface area contributed by atoms with Crippen LogP contribution in [0.1, 0.15) is 52.9 Å². The highest BCUT2D eigenvalue weighted by Gasteiger charge is 2.34. The molecule has 2 heteroatoms. The Morgan fingerprint density at radius 1 is 1.31 bits per heavy atom. The van der Waals surface area contributed by atoms with Crippen LogP contribution in [0.3, 0.4) is 0 Å². The van der Waals surface area contributed by atoms with Crippen LogP contribution in [-0.4, -0.2) is 36.2 Å². The van der Waals surface area contributed by atoms with Gasteiger partial charge in [0.15, 0.2) is 0 Å². The number of hydrogen-bond acceptors (Lipinski definition) is 2. The summed E-state index contributed by atoms with van der Waals surface area (Å²) < 4.78 is 0. The van der Waals surface area contributed by atoms with E-state index in [0.29, 0.717) is 17.9 Å². The van der Waals surface area contributed by atoms with Gasteiger partial charge in [0.05, 0.1) is 0 Å². The molecule has 1 N–H and O–H groups in total. The molecule has 1 aliphatic heterocycles. The summed E-state index contributed by atoms with van der Waals surface area (Å²) in [4.78, 5) is 2.61. The quantitative estimate of drug-likeness (QED) is 0.705. The van der Waals surface area contributed by atoms with Gasteiger partial charge in [0, 0.05) is 13.2 Å². The van der Waals surface area contributed by atoms with E-state index in [2.05, 4.69) is 25.7 Å². The van der Waals surface area contributed by atoms with E-state index >= 15 is 0 Å². The van der Waals surface area contributed by atoms with Crippen LogP contribution >= 0.6 is 0 Å². The fourth-order valence-electron chi connectivity index (χ4n) is 2.98. The molecule has 0 aliphatic carbocycles. The van der Waals surface area contributed by atoms with E-state index in [-0.39, 0.29) is 0 Å². The molecule has 1 rings (SSSR count). The van der Waals surface area contributed by atoms with E-state index in [4.69, 9.17) is 5.11 Å². The second-order valence-corrected chi connectivity index (χ2v) is 5.97. The van der Waals surface area contributed by atoms with Crippen molar-refractivity contribution in [3.05, 3.63) is 0 Å². The van der Waals surface area contributed by atoms with Gasteiger partial charge in [0.25, 0.3) is 0 Å². The second kappa shape index (κ2) is 6.61. The molecule has 0 aromatic carbocycles. The predicted molar refractivity (Wildman–Crippen MR) is 69.6 cm³/mol. The van der Waals surface area contributed by atoms with Crippen molar-refractivity contribution in [1.29, 1.82) is 0 Å². The molecule has 0 radical (unpaired) electrons. The molecule has 1 heterocycles. The van der Waals surface area contributed by atoms with Gasteiger partial charge < -0.3 is 10.0 Å². The number of likely N-dealkylation sites (tertiary alicyclic amines) is 1. The Morgan fingerprint density at radius 2 is 2.06 bits per heavy atom. The second-order valence-electron chi connectivity index (χ2n) is 5.97. The lowest BCUT2D eigenvalue weighted by molar-refractivity contribution is 0.0398. The van der Waals surface area contributed by atoms with Crippen LogP contribution < -0.4 is 0 Å². The first-order valence-electron chi connectivity index (χ1n) is 6.93. The van der Waals surface area contributed by atoms with E-state index in [0.717, 1.165) is 6.42 Å². The smallest absolute Gasteiger partial charge is 0.0433 e. The zero-order chi connectivity index (χ0) is 12.0. The van der Waals surface area contributed by atoms with Gasteiger partial charge in [-0.05, 0) is 43.7 Å². The molecule has 0 bridgehead atoms. The van der Waals surface area contributed by atoms with Gasteiger partial charge in [0.1, 0.15) is 0 Å². The molecule has 1 aliphatic rings. The standard InChI is InChI=1S/C14H29NO/c1-4-5-6-9-15-10-7-13(8-11-16)14(2,3)12-15/h13,16H,4-12H2,1-3H3. The minimum atomic E-state index is 0.351. The van der Waals surface area contributed by atoms with Crippen molar-refractivity contribution < 1.29 is 5.11 Å². The monoisotopic (exact) mass is 227 g/mol. The Labute approximate surface area is 101 Å². The summed E-state index contributed by atoms with van der Waals surface area (Å²) in [5.74, 6) is 0.708. The van der Waals surface area contributed by atoms with Crippen LogP contribution in [0.4, 0.5) is 0 Å². The topological polar surface area (TPSA) is 23.5 Å². The summed E-state index contributed by atoms with van der Waals surface area (Å²) in [6, 6.07) is 0. The van der Waals surface area contributed by atoms with Crippen LogP contribution in [0.25, 0.3) is 0 Å². The highest BCUT2D eigenvalue weighted by Crippen LogP contribution is 2.36. The maximum atomic E-state index is 9.08. The van der Waals surface area contributed by atoms with Crippen molar-refractivity contribution in [3.63, 3.8) is 0 Å². The number of aliphatic hydroxyl groups is 1. The first-order valence-corrected chi connectivity index (χ1v) is 6.93. The Kier molecular flexibility index (Phi) is 5.77. The maximum absolute atomic E-state index is 9.08. The third-order valence-electron chi connectivity index (χ3n) is 4.09. The molecule has 2 nitrogen and oxygen atoms in total. The molecule has 1 unspecified atom stereocenters. The van der Waals surface area contributed by atoms with Crippen LogP contribution in [0.15, 0.2) is 0 Å². The van der Waals surface area contributed by atoms with Crippen molar-refractivity contribution in [1.82, 2.24) is 4.90 Å². The van der Waals surface area contributed by atoms with Crippen molar-refractivity contribution in [3.8, 4) is 0 Å². The average Bonchev–Trinajstić information content (AvgIpc) is 2.22. The largest absolute Gasteiger partial charge is 0.396 e. The van der Waals surface area contributed by atoms with Crippen molar-refractivity contribution in [2.45, 2.75) is 52.9 Å². The lowest BCUT2D eigenvalue weighted by Crippen LogP contribution is -2.46. The van der Waals surface area contributed by atoms with Crippen molar-refractivity contribution in [2.24, 2.45) is 11.3 Å². The zero-order valence-corrected chi connectivity index (χ0v) is 11.3. The molecule has 96 valence electrons. The van der Waals surface area contributed by atoms with Crippen molar-refractivity contribution >= 4 is 0 Å². The molecular weight excluding hydrogens is 198 g/mol. The minimum absolute atomic E-state index is 0.351. The summed E-state index contributed by atoms with van der Waals surface area (Å²) in [7, 11) is 0. The van der Waals surface area contributed by atoms with Gasteiger partial charge in [-0.25, -0.2) is 0 Å². The average molecular weight is 227 g/mol. The summed E-state index contributed by atoms with van der Waals surface area (Å²) in [6.07, 6.45) is 6.26. The molecule has 0 aromatic rings. The third-order valence-corrected chi connectivity index (χ3v) is 4.09. The van der Waals surface area contributed by atoms with Gasteiger partial charge in [0.2, 0.25) is 0 Å². The van der Waals surface area contributed by atoms with E-state index in [9.17, 15) is 0 Å². The van der Waals surface area contributed by atoms with E-state index < -0.39 is 0 Å². The molecule has 1 saturated heterocycles. The number of unbranched alkanes of at least 4 members (excludes halogenated alkanes) is 2. The number of piperidine rings is 1. The summed E-state index contributed by atoms with van der Waals surface area (Å²) in [5.41, 5.74) is 0.382. The Hall–Kier alpha value is -0.0800. The lowest BCUT2D eigenvalue weighted by atomic mass is 9.72. The van der Waals surface area contributed by atoms with Gasteiger partial charge in [-0.3, -0.25) is 0 Å². The van der Waals surface area contributed by atoms with Crippen molar-refractivity contribution in [2.75, 3.05) is 26.2 Å². The lowest BCUT2D eigenvalue weighted by Gasteiger charge is -2.44. The molecular formula is C14H29NO. The molecule has 0 aromatic heterocycles. The summed E-state index contributed by atoms with van der Waals surface area (Å²) in [6.45, 7) is 11.0. The van der Waals surface area contributed by atoms with E-state index in [1.165, 1.54) is 45.3 Å². The fraction of sp³-hybridized carbons (Fsp3) is 1.00. The van der Waals surface area contributed by atoms with E-state index in [1.54, 1.807) is 0 Å². The Bertz CT molecular complexity index is 191. The fourth-order valence-corrected chi connectivity index (χ4v) is 2.98. The minimum Gasteiger partial charge on any atom is -0.396 e. The first kappa shape index (κ1) is 14.0. The summed E-state index contributed by atoms with van der Waals surface area (Å²) in [5, 5.41) is 9.08. The molecule has 1 atom stereocenters. The third kappa shape index (κ3) is 4.06. The molecule has 0 amide bonds. The highest BCUT2D eigenvalue weighted by atomic mass is 16.3. The zero-order valence-electron chi connectivity index (χ0n) is 11.3. The van der Waals surface area contributed by atoms with Gasteiger partial charge in [-0.15, -0.1) is 0 Å². The van der Waals surface area contributed by atoms with E-state index in [1.807, 2.05) is 0 Å². The normalized spacial score (nSPS) is 25.9.